The average molecular weight is 458 g/mol. The Bertz CT molecular complexity index is 1140. The fraction of sp³-hybridized carbons (Fsp3) is 0.379. The van der Waals surface area contributed by atoms with Gasteiger partial charge in [0.05, 0.1) is 5.56 Å². The first-order valence-electron chi connectivity index (χ1n) is 12.3. The van der Waals surface area contributed by atoms with Crippen LogP contribution in [0.2, 0.25) is 0 Å². The smallest absolute Gasteiger partial charge is 0.255 e. The van der Waals surface area contributed by atoms with Crippen molar-refractivity contribution in [2.24, 2.45) is 5.92 Å². The molecule has 1 saturated heterocycles. The summed E-state index contributed by atoms with van der Waals surface area (Å²) in [5.41, 5.74) is 6.23. The van der Waals surface area contributed by atoms with E-state index >= 15 is 0 Å². The Morgan fingerprint density at radius 3 is 2.24 bits per heavy atom. The zero-order chi connectivity index (χ0) is 24.2. The number of benzene rings is 2. The maximum Gasteiger partial charge on any atom is 0.255 e. The number of nitrogens with one attached hydrogen (secondary N) is 1. The summed E-state index contributed by atoms with van der Waals surface area (Å²) in [6.45, 7) is 10.2. The molecule has 2 heterocycles. The normalized spacial score (nSPS) is 14.4. The van der Waals surface area contributed by atoms with Crippen LogP contribution in [0, 0.1) is 19.8 Å². The number of carbonyl (C=O) groups excluding carboxylic acids is 2. The summed E-state index contributed by atoms with van der Waals surface area (Å²) in [7, 11) is 0. The first-order valence-corrected chi connectivity index (χ1v) is 12.3. The number of carbonyl (C=O) groups is 2. The molecule has 178 valence electrons. The third-order valence-corrected chi connectivity index (χ3v) is 6.94. The summed E-state index contributed by atoms with van der Waals surface area (Å²) in [5.74, 6) is 0.585. The van der Waals surface area contributed by atoms with Gasteiger partial charge in [0.25, 0.3) is 5.91 Å². The van der Waals surface area contributed by atoms with Crippen molar-refractivity contribution in [1.82, 2.24) is 14.8 Å². The van der Waals surface area contributed by atoms with Crippen LogP contribution in [-0.2, 0) is 11.3 Å². The molecule has 0 radical (unpaired) electrons. The molecule has 5 nitrogen and oxygen atoms in total. The SMILES string of the molecule is Cc1cc(C(=O)N2CCC(C(=O)NCc3ccccc3)CC2)c(C)n1-c1ccc(C(C)C)cc1. The topological polar surface area (TPSA) is 54.3 Å². The van der Waals surface area contributed by atoms with Crippen molar-refractivity contribution >= 4 is 11.8 Å². The van der Waals surface area contributed by atoms with Gasteiger partial charge in [0.15, 0.2) is 0 Å². The molecule has 5 heteroatoms. The fourth-order valence-electron chi connectivity index (χ4n) is 4.83. The van der Waals surface area contributed by atoms with Gasteiger partial charge in [-0.25, -0.2) is 0 Å². The summed E-state index contributed by atoms with van der Waals surface area (Å²) >= 11 is 0. The van der Waals surface area contributed by atoms with Crippen LogP contribution >= 0.6 is 0 Å². The molecule has 1 N–H and O–H groups in total. The molecule has 1 aliphatic rings. The van der Waals surface area contributed by atoms with Crippen LogP contribution in [0.15, 0.2) is 60.7 Å². The highest BCUT2D eigenvalue weighted by molar-refractivity contribution is 5.96. The largest absolute Gasteiger partial charge is 0.352 e. The van der Waals surface area contributed by atoms with Crippen molar-refractivity contribution in [3.63, 3.8) is 0 Å². The van der Waals surface area contributed by atoms with Gasteiger partial charge in [-0.05, 0) is 61.9 Å². The molecule has 4 rings (SSSR count). The Kier molecular flexibility index (Phi) is 7.20. The van der Waals surface area contributed by atoms with E-state index in [9.17, 15) is 9.59 Å². The van der Waals surface area contributed by atoms with Gasteiger partial charge in [-0.15, -0.1) is 0 Å². The minimum Gasteiger partial charge on any atom is -0.352 e. The number of rotatable bonds is 6. The Morgan fingerprint density at radius 1 is 0.971 bits per heavy atom. The molecule has 0 aliphatic carbocycles. The number of piperidine rings is 1. The Morgan fingerprint density at radius 2 is 1.62 bits per heavy atom. The molecule has 34 heavy (non-hydrogen) atoms. The second-order valence-corrected chi connectivity index (χ2v) is 9.64. The maximum atomic E-state index is 13.4. The predicted octanol–water partition coefficient (Wildman–Crippen LogP) is 5.39. The summed E-state index contributed by atoms with van der Waals surface area (Å²) in [5, 5.41) is 3.05. The lowest BCUT2D eigenvalue weighted by molar-refractivity contribution is -0.126. The van der Waals surface area contributed by atoms with Gasteiger partial charge in [-0.2, -0.15) is 0 Å². The minimum atomic E-state index is -0.0420. The van der Waals surface area contributed by atoms with Gasteiger partial charge in [0.2, 0.25) is 5.91 Å². The summed E-state index contributed by atoms with van der Waals surface area (Å²) in [4.78, 5) is 27.9. The second-order valence-electron chi connectivity index (χ2n) is 9.64. The first-order chi connectivity index (χ1) is 16.3. The van der Waals surface area contributed by atoms with E-state index in [1.54, 1.807) is 0 Å². The molecular formula is C29H35N3O2. The fourth-order valence-corrected chi connectivity index (χ4v) is 4.83. The van der Waals surface area contributed by atoms with Crippen LogP contribution in [0.4, 0.5) is 0 Å². The van der Waals surface area contributed by atoms with E-state index in [0.717, 1.165) is 28.2 Å². The molecule has 1 aliphatic heterocycles. The van der Waals surface area contributed by atoms with Crippen molar-refractivity contribution in [2.45, 2.75) is 53.0 Å². The molecular weight excluding hydrogens is 422 g/mol. The van der Waals surface area contributed by atoms with Crippen molar-refractivity contribution < 1.29 is 9.59 Å². The third-order valence-electron chi connectivity index (χ3n) is 6.94. The second kappa shape index (κ2) is 10.3. The van der Waals surface area contributed by atoms with Crippen molar-refractivity contribution in [3.05, 3.63) is 88.7 Å². The van der Waals surface area contributed by atoms with E-state index in [2.05, 4.69) is 48.0 Å². The lowest BCUT2D eigenvalue weighted by Crippen LogP contribution is -2.43. The number of hydrogen-bond acceptors (Lipinski definition) is 2. The van der Waals surface area contributed by atoms with Gasteiger partial charge < -0.3 is 14.8 Å². The maximum absolute atomic E-state index is 13.4. The Balaban J connectivity index is 1.38. The summed E-state index contributed by atoms with van der Waals surface area (Å²) < 4.78 is 2.15. The number of nitrogens with zero attached hydrogens (tertiary/aromatic N) is 2. The molecule has 2 amide bonds. The van der Waals surface area contributed by atoms with Crippen LogP contribution in [0.25, 0.3) is 5.69 Å². The predicted molar refractivity (Wildman–Crippen MR) is 136 cm³/mol. The first kappa shape index (κ1) is 23.8. The molecule has 1 fully saturated rings. The lowest BCUT2D eigenvalue weighted by atomic mass is 9.95. The average Bonchev–Trinajstić information content (AvgIpc) is 3.16. The lowest BCUT2D eigenvalue weighted by Gasteiger charge is -2.31. The van der Waals surface area contributed by atoms with E-state index in [4.69, 9.17) is 0 Å². The van der Waals surface area contributed by atoms with Crippen LogP contribution in [0.1, 0.15) is 65.5 Å². The van der Waals surface area contributed by atoms with Gasteiger partial charge in [0, 0.05) is 42.6 Å². The monoisotopic (exact) mass is 457 g/mol. The standard InChI is InChI=1S/C29H35N3O2/c1-20(2)24-10-12-26(13-11-24)32-21(3)18-27(22(32)4)29(34)31-16-14-25(15-17-31)28(33)30-19-23-8-6-5-7-9-23/h5-13,18,20,25H,14-17,19H2,1-4H3,(H,30,33). The van der Waals surface area contributed by atoms with Crippen LogP contribution in [0.3, 0.4) is 0 Å². The van der Waals surface area contributed by atoms with Crippen LogP contribution < -0.4 is 5.32 Å². The molecule has 0 saturated carbocycles. The number of likely N-dealkylation sites (tertiary alicyclic amines) is 1. The van der Waals surface area contributed by atoms with E-state index in [1.165, 1.54) is 5.56 Å². The highest BCUT2D eigenvalue weighted by atomic mass is 16.2. The Labute approximate surface area is 202 Å². The van der Waals surface area contributed by atoms with E-state index < -0.39 is 0 Å². The Hall–Kier alpha value is -3.34. The molecule has 0 unspecified atom stereocenters. The van der Waals surface area contributed by atoms with Crippen LogP contribution in [-0.4, -0.2) is 34.4 Å². The number of aryl methyl sites for hydroxylation is 1. The summed E-state index contributed by atoms with van der Waals surface area (Å²) in [6, 6.07) is 20.5. The molecule has 2 aromatic carbocycles. The third kappa shape index (κ3) is 5.09. The molecule has 3 aromatic rings. The van der Waals surface area contributed by atoms with Crippen molar-refractivity contribution in [2.75, 3.05) is 13.1 Å². The number of aromatic nitrogens is 1. The zero-order valence-electron chi connectivity index (χ0n) is 20.7. The van der Waals surface area contributed by atoms with E-state index in [1.807, 2.05) is 55.1 Å². The number of amides is 2. The molecule has 0 atom stereocenters. The number of hydrogen-bond donors (Lipinski definition) is 1. The quantitative estimate of drug-likeness (QED) is 0.540. The van der Waals surface area contributed by atoms with Gasteiger partial charge in [-0.3, -0.25) is 9.59 Å². The summed E-state index contributed by atoms with van der Waals surface area (Å²) in [6.07, 6.45) is 1.39. The van der Waals surface area contributed by atoms with E-state index in [-0.39, 0.29) is 17.7 Å². The van der Waals surface area contributed by atoms with Crippen LogP contribution in [0.5, 0.6) is 0 Å². The van der Waals surface area contributed by atoms with Gasteiger partial charge in [0.1, 0.15) is 0 Å². The van der Waals surface area contributed by atoms with Crippen molar-refractivity contribution in [3.8, 4) is 5.69 Å². The van der Waals surface area contributed by atoms with E-state index in [0.29, 0.717) is 38.4 Å². The molecule has 0 bridgehead atoms. The molecule has 1 aromatic heterocycles. The molecule has 0 spiro atoms. The highest BCUT2D eigenvalue weighted by Gasteiger charge is 2.29. The highest BCUT2D eigenvalue weighted by Crippen LogP contribution is 2.26. The van der Waals surface area contributed by atoms with Crippen molar-refractivity contribution in [1.29, 1.82) is 0 Å². The van der Waals surface area contributed by atoms with Gasteiger partial charge in [-0.1, -0.05) is 56.3 Å². The zero-order valence-corrected chi connectivity index (χ0v) is 20.7. The minimum absolute atomic E-state index is 0.0420. The van der Waals surface area contributed by atoms with Gasteiger partial charge >= 0.3 is 0 Å².